The third kappa shape index (κ3) is 3.10. The summed E-state index contributed by atoms with van der Waals surface area (Å²) >= 11 is 0. The number of carbonyl (C=O) groups is 1. The molecule has 0 spiro atoms. The van der Waals surface area contributed by atoms with E-state index in [2.05, 4.69) is 10.3 Å². The van der Waals surface area contributed by atoms with Crippen molar-refractivity contribution < 1.29 is 22.4 Å². The van der Waals surface area contributed by atoms with Gasteiger partial charge in [0.1, 0.15) is 17.5 Å². The van der Waals surface area contributed by atoms with Crippen LogP contribution in [0, 0.1) is 23.3 Å². The fraction of sp³-hybridized carbons (Fsp3) is 0.0769. The first-order chi connectivity index (χ1) is 9.92. The number of rotatable bonds is 3. The second kappa shape index (κ2) is 5.78. The van der Waals surface area contributed by atoms with Crippen LogP contribution in [0.5, 0.6) is 0 Å². The lowest BCUT2D eigenvalue weighted by Gasteiger charge is -2.10. The van der Waals surface area contributed by atoms with Gasteiger partial charge in [-0.05, 0) is 6.07 Å². The molecule has 2 rings (SSSR count). The van der Waals surface area contributed by atoms with Crippen molar-refractivity contribution in [2.45, 2.75) is 0 Å². The Bertz CT molecular complexity index is 706. The van der Waals surface area contributed by atoms with Crippen molar-refractivity contribution in [1.82, 2.24) is 4.98 Å². The quantitative estimate of drug-likeness (QED) is 0.677. The summed E-state index contributed by atoms with van der Waals surface area (Å²) in [6.45, 7) is 0. The molecule has 0 aliphatic heterocycles. The Balaban J connectivity index is 2.34. The molecule has 1 heterocycles. The molecule has 0 bridgehead atoms. The summed E-state index contributed by atoms with van der Waals surface area (Å²) in [5.74, 6) is -5.50. The highest BCUT2D eigenvalue weighted by Gasteiger charge is 2.17. The summed E-state index contributed by atoms with van der Waals surface area (Å²) < 4.78 is 52.4. The van der Waals surface area contributed by atoms with Crippen molar-refractivity contribution in [3.05, 3.63) is 53.2 Å². The molecule has 0 atom stereocenters. The SMILES string of the molecule is CNc1ncc(F)cc1C(=O)Nc1cc(F)c(F)cc1F. The number of benzene rings is 1. The lowest BCUT2D eigenvalue weighted by molar-refractivity contribution is 0.102. The van der Waals surface area contributed by atoms with Crippen LogP contribution >= 0.6 is 0 Å². The van der Waals surface area contributed by atoms with Crippen LogP contribution in [0.2, 0.25) is 0 Å². The second-order valence-corrected chi connectivity index (χ2v) is 4.00. The predicted molar refractivity (Wildman–Crippen MR) is 68.0 cm³/mol. The van der Waals surface area contributed by atoms with E-state index < -0.39 is 34.9 Å². The molecule has 0 aliphatic carbocycles. The molecule has 2 aromatic rings. The van der Waals surface area contributed by atoms with Crippen molar-refractivity contribution in [3.8, 4) is 0 Å². The van der Waals surface area contributed by atoms with E-state index in [1.165, 1.54) is 7.05 Å². The number of halogens is 4. The number of nitrogens with zero attached hydrogens (tertiary/aromatic N) is 1. The zero-order valence-corrected chi connectivity index (χ0v) is 10.7. The molecule has 0 saturated heterocycles. The number of anilines is 2. The molecule has 2 N–H and O–H groups in total. The largest absolute Gasteiger partial charge is 0.372 e. The van der Waals surface area contributed by atoms with Gasteiger partial charge < -0.3 is 10.6 Å². The Kier molecular flexibility index (Phi) is 4.06. The fourth-order valence-electron chi connectivity index (χ4n) is 1.62. The number of hydrogen-bond acceptors (Lipinski definition) is 3. The molecule has 1 aromatic carbocycles. The molecule has 1 aromatic heterocycles. The highest BCUT2D eigenvalue weighted by Crippen LogP contribution is 2.21. The van der Waals surface area contributed by atoms with E-state index in [-0.39, 0.29) is 11.4 Å². The van der Waals surface area contributed by atoms with Gasteiger partial charge in [-0.1, -0.05) is 0 Å². The van der Waals surface area contributed by atoms with Crippen molar-refractivity contribution in [2.24, 2.45) is 0 Å². The summed E-state index contributed by atoms with van der Waals surface area (Å²) in [5, 5.41) is 4.59. The topological polar surface area (TPSA) is 54.0 Å². The van der Waals surface area contributed by atoms with Crippen molar-refractivity contribution in [1.29, 1.82) is 0 Å². The number of nitrogens with one attached hydrogen (secondary N) is 2. The maximum atomic E-state index is 13.4. The number of amides is 1. The Labute approximate surface area is 116 Å². The Hall–Kier alpha value is -2.64. The maximum absolute atomic E-state index is 13.4. The van der Waals surface area contributed by atoms with Gasteiger partial charge in [-0.25, -0.2) is 22.5 Å². The lowest BCUT2D eigenvalue weighted by Crippen LogP contribution is -2.16. The molecule has 110 valence electrons. The van der Waals surface area contributed by atoms with E-state index in [1.54, 1.807) is 0 Å². The monoisotopic (exact) mass is 299 g/mol. The summed E-state index contributed by atoms with van der Waals surface area (Å²) in [6.07, 6.45) is 0.890. The van der Waals surface area contributed by atoms with Crippen LogP contribution in [0.15, 0.2) is 24.4 Å². The van der Waals surface area contributed by atoms with Gasteiger partial charge >= 0.3 is 0 Å². The predicted octanol–water partition coefficient (Wildman–Crippen LogP) is 2.93. The second-order valence-electron chi connectivity index (χ2n) is 4.00. The van der Waals surface area contributed by atoms with E-state index in [1.807, 2.05) is 5.32 Å². The van der Waals surface area contributed by atoms with Crippen LogP contribution in [0.25, 0.3) is 0 Å². The molecule has 8 heteroatoms. The molecular weight excluding hydrogens is 290 g/mol. The summed E-state index contributed by atoms with van der Waals surface area (Å²) in [7, 11) is 1.45. The third-order valence-corrected chi connectivity index (χ3v) is 2.59. The van der Waals surface area contributed by atoms with Crippen molar-refractivity contribution in [2.75, 3.05) is 17.7 Å². The molecule has 0 saturated carbocycles. The van der Waals surface area contributed by atoms with Gasteiger partial charge in [-0.15, -0.1) is 0 Å². The average Bonchev–Trinajstić information content (AvgIpc) is 2.44. The minimum absolute atomic E-state index is 0.0527. The zero-order valence-electron chi connectivity index (χ0n) is 10.7. The lowest BCUT2D eigenvalue weighted by atomic mass is 10.2. The first-order valence-corrected chi connectivity index (χ1v) is 5.71. The van der Waals surface area contributed by atoms with Crippen LogP contribution in [0.1, 0.15) is 10.4 Å². The summed E-state index contributed by atoms with van der Waals surface area (Å²) in [6, 6.07) is 1.67. The van der Waals surface area contributed by atoms with Gasteiger partial charge in [-0.2, -0.15) is 0 Å². The summed E-state index contributed by atoms with van der Waals surface area (Å²) in [5.41, 5.74) is -0.771. The van der Waals surface area contributed by atoms with E-state index in [9.17, 15) is 22.4 Å². The molecule has 0 fully saturated rings. The smallest absolute Gasteiger partial charge is 0.259 e. The third-order valence-electron chi connectivity index (χ3n) is 2.59. The molecular formula is C13H9F4N3O. The highest BCUT2D eigenvalue weighted by atomic mass is 19.2. The van der Waals surface area contributed by atoms with Gasteiger partial charge in [0.15, 0.2) is 11.6 Å². The Morgan fingerprint density at radius 3 is 2.38 bits per heavy atom. The van der Waals surface area contributed by atoms with E-state index in [0.717, 1.165) is 12.3 Å². The van der Waals surface area contributed by atoms with E-state index in [4.69, 9.17) is 0 Å². The standard InChI is InChI=1S/C13H9F4N3O/c1-18-12-7(2-6(14)5-19-12)13(21)20-11-4-9(16)8(15)3-10(11)17/h2-5H,1H3,(H,18,19)(H,20,21). The number of hydrogen-bond donors (Lipinski definition) is 2. The van der Waals surface area contributed by atoms with Gasteiger partial charge in [0.25, 0.3) is 5.91 Å². The molecule has 0 aliphatic rings. The van der Waals surface area contributed by atoms with Crippen LogP contribution in [0.3, 0.4) is 0 Å². The van der Waals surface area contributed by atoms with Crippen LogP contribution in [-0.2, 0) is 0 Å². The molecule has 0 unspecified atom stereocenters. The zero-order chi connectivity index (χ0) is 15.6. The summed E-state index contributed by atoms with van der Waals surface area (Å²) in [4.78, 5) is 15.6. The van der Waals surface area contributed by atoms with Crippen LogP contribution < -0.4 is 10.6 Å². The van der Waals surface area contributed by atoms with Crippen LogP contribution in [0.4, 0.5) is 29.1 Å². The first-order valence-electron chi connectivity index (χ1n) is 5.71. The van der Waals surface area contributed by atoms with Crippen LogP contribution in [-0.4, -0.2) is 17.9 Å². The van der Waals surface area contributed by atoms with Gasteiger partial charge in [-0.3, -0.25) is 4.79 Å². The van der Waals surface area contributed by atoms with Crippen molar-refractivity contribution >= 4 is 17.4 Å². The maximum Gasteiger partial charge on any atom is 0.259 e. The van der Waals surface area contributed by atoms with Gasteiger partial charge in [0.05, 0.1) is 17.4 Å². The molecule has 0 radical (unpaired) electrons. The van der Waals surface area contributed by atoms with E-state index >= 15 is 0 Å². The minimum Gasteiger partial charge on any atom is -0.372 e. The fourth-order valence-corrected chi connectivity index (χ4v) is 1.62. The minimum atomic E-state index is -1.38. The first kappa shape index (κ1) is 14.8. The highest BCUT2D eigenvalue weighted by molar-refractivity contribution is 6.07. The number of aromatic nitrogens is 1. The van der Waals surface area contributed by atoms with E-state index in [0.29, 0.717) is 12.1 Å². The number of carbonyl (C=O) groups excluding carboxylic acids is 1. The molecule has 4 nitrogen and oxygen atoms in total. The van der Waals surface area contributed by atoms with Gasteiger partial charge in [0.2, 0.25) is 0 Å². The number of pyridine rings is 1. The molecule has 1 amide bonds. The normalized spacial score (nSPS) is 10.3. The Morgan fingerprint density at radius 1 is 1.05 bits per heavy atom. The average molecular weight is 299 g/mol. The van der Waals surface area contributed by atoms with Crippen molar-refractivity contribution in [3.63, 3.8) is 0 Å². The Morgan fingerprint density at radius 2 is 1.71 bits per heavy atom. The molecule has 21 heavy (non-hydrogen) atoms. The van der Waals surface area contributed by atoms with Gasteiger partial charge in [0, 0.05) is 19.2 Å².